The second-order valence-corrected chi connectivity index (χ2v) is 6.36. The maximum Gasteiger partial charge on any atom is 0.0383 e. The molecule has 1 fully saturated rings. The lowest BCUT2D eigenvalue weighted by Gasteiger charge is -2.22. The van der Waals surface area contributed by atoms with Gasteiger partial charge in [-0.25, -0.2) is 0 Å². The number of rotatable bonds is 5. The van der Waals surface area contributed by atoms with Gasteiger partial charge in [0.15, 0.2) is 0 Å². The van der Waals surface area contributed by atoms with Crippen molar-refractivity contribution in [3.8, 4) is 0 Å². The highest BCUT2D eigenvalue weighted by molar-refractivity contribution is 7.84. The van der Waals surface area contributed by atoms with E-state index in [-0.39, 0.29) is 0 Å². The van der Waals surface area contributed by atoms with E-state index in [1.54, 1.807) is 6.26 Å². The summed E-state index contributed by atoms with van der Waals surface area (Å²) < 4.78 is 11.1. The molecule has 0 aromatic carbocycles. The lowest BCUT2D eigenvalue weighted by molar-refractivity contribution is 0.266. The zero-order valence-electron chi connectivity index (χ0n) is 10.3. The third-order valence-corrected chi connectivity index (χ3v) is 3.92. The average Bonchev–Trinajstić information content (AvgIpc) is 2.50. The Labute approximate surface area is 96.1 Å². The molecular formula is C11H24N2OS. The molecule has 1 N–H and O–H groups in total. The first-order chi connectivity index (χ1) is 6.99. The van der Waals surface area contributed by atoms with Gasteiger partial charge >= 0.3 is 0 Å². The predicted molar refractivity (Wildman–Crippen MR) is 66.6 cm³/mol. The first-order valence-corrected chi connectivity index (χ1v) is 7.52. The Morgan fingerprint density at radius 3 is 2.60 bits per heavy atom. The molecule has 0 bridgehead atoms. The molecule has 1 saturated heterocycles. The quantitative estimate of drug-likeness (QED) is 0.762. The second-order valence-electron chi connectivity index (χ2n) is 4.88. The summed E-state index contributed by atoms with van der Waals surface area (Å²) >= 11 is 0. The van der Waals surface area contributed by atoms with Crippen LogP contribution in [0.25, 0.3) is 0 Å². The highest BCUT2D eigenvalue weighted by atomic mass is 32.2. The summed E-state index contributed by atoms with van der Waals surface area (Å²) in [5.41, 5.74) is 0. The molecule has 1 heterocycles. The van der Waals surface area contributed by atoms with Crippen LogP contribution in [-0.4, -0.2) is 52.3 Å². The van der Waals surface area contributed by atoms with Gasteiger partial charge in [-0.05, 0) is 33.7 Å². The Bertz CT molecular complexity index is 221. The van der Waals surface area contributed by atoms with Gasteiger partial charge in [-0.2, -0.15) is 0 Å². The molecule has 15 heavy (non-hydrogen) atoms. The first-order valence-electron chi connectivity index (χ1n) is 5.79. The second kappa shape index (κ2) is 5.97. The van der Waals surface area contributed by atoms with Crippen LogP contribution in [-0.2, 0) is 10.8 Å². The summed E-state index contributed by atoms with van der Waals surface area (Å²) in [5, 5.41) is 3.56. The highest BCUT2D eigenvalue weighted by Crippen LogP contribution is 2.12. The molecule has 0 aromatic rings. The lowest BCUT2D eigenvalue weighted by Crippen LogP contribution is -2.41. The van der Waals surface area contributed by atoms with Crippen LogP contribution in [0.2, 0.25) is 0 Å². The van der Waals surface area contributed by atoms with Crippen LogP contribution in [0.4, 0.5) is 0 Å². The first kappa shape index (κ1) is 13.1. The number of nitrogens with zero attached hydrogens (tertiary/aromatic N) is 1. The van der Waals surface area contributed by atoms with Crippen molar-refractivity contribution in [3.05, 3.63) is 0 Å². The topological polar surface area (TPSA) is 32.3 Å². The minimum atomic E-state index is -0.689. The fraction of sp³-hybridized carbons (Fsp3) is 1.00. The average molecular weight is 232 g/mol. The van der Waals surface area contributed by atoms with Crippen LogP contribution in [0, 0.1) is 0 Å². The number of hydrogen-bond acceptors (Lipinski definition) is 3. The van der Waals surface area contributed by atoms with E-state index in [9.17, 15) is 4.21 Å². The lowest BCUT2D eigenvalue weighted by atomic mass is 10.2. The largest absolute Gasteiger partial charge is 0.309 e. The molecule has 3 unspecified atom stereocenters. The van der Waals surface area contributed by atoms with E-state index >= 15 is 0 Å². The van der Waals surface area contributed by atoms with Crippen molar-refractivity contribution in [3.63, 3.8) is 0 Å². The third kappa shape index (κ3) is 4.62. The van der Waals surface area contributed by atoms with E-state index in [1.165, 1.54) is 13.0 Å². The van der Waals surface area contributed by atoms with Gasteiger partial charge in [0.25, 0.3) is 0 Å². The van der Waals surface area contributed by atoms with Crippen molar-refractivity contribution in [2.75, 3.05) is 25.1 Å². The summed E-state index contributed by atoms with van der Waals surface area (Å²) in [6, 6.07) is 1.60. The van der Waals surface area contributed by atoms with E-state index in [0.717, 1.165) is 12.3 Å². The Morgan fingerprint density at radius 1 is 1.47 bits per heavy atom. The van der Waals surface area contributed by atoms with Crippen molar-refractivity contribution < 1.29 is 4.21 Å². The van der Waals surface area contributed by atoms with Gasteiger partial charge in [-0.3, -0.25) is 9.11 Å². The maximum atomic E-state index is 11.1. The van der Waals surface area contributed by atoms with Gasteiger partial charge in [0.05, 0.1) is 0 Å². The van der Waals surface area contributed by atoms with Gasteiger partial charge in [0, 0.05) is 47.5 Å². The summed E-state index contributed by atoms with van der Waals surface area (Å²) in [6.45, 7) is 8.94. The van der Waals surface area contributed by atoms with Crippen LogP contribution in [0.5, 0.6) is 0 Å². The zero-order valence-corrected chi connectivity index (χ0v) is 11.1. The molecule has 3 atom stereocenters. The van der Waals surface area contributed by atoms with Gasteiger partial charge in [-0.15, -0.1) is 0 Å². The zero-order chi connectivity index (χ0) is 11.4. The molecule has 0 amide bonds. The Balaban J connectivity index is 2.26. The number of hydrogen-bond donors (Lipinski definition) is 1. The van der Waals surface area contributed by atoms with Gasteiger partial charge in [0.2, 0.25) is 0 Å². The molecule has 1 aliphatic rings. The van der Waals surface area contributed by atoms with Crippen molar-refractivity contribution in [1.29, 1.82) is 0 Å². The van der Waals surface area contributed by atoms with Crippen LogP contribution in [0.3, 0.4) is 0 Å². The molecule has 0 aromatic heterocycles. The van der Waals surface area contributed by atoms with Crippen LogP contribution in [0.15, 0.2) is 0 Å². The fourth-order valence-corrected chi connectivity index (χ4v) is 3.00. The monoisotopic (exact) mass is 232 g/mol. The van der Waals surface area contributed by atoms with Gasteiger partial charge < -0.3 is 5.32 Å². The standard InChI is InChI=1S/C11H24N2OS/c1-9(2)13-6-5-11(7-13)12-10(3)8-15(4)14/h9-12H,5-8H2,1-4H3. The molecule has 1 aliphatic heterocycles. The molecule has 90 valence electrons. The Hall–Kier alpha value is 0.0700. The fourth-order valence-electron chi connectivity index (χ4n) is 2.19. The minimum absolute atomic E-state index is 0.368. The van der Waals surface area contributed by atoms with Crippen molar-refractivity contribution in [1.82, 2.24) is 10.2 Å². The molecule has 0 saturated carbocycles. The van der Waals surface area contributed by atoms with Crippen LogP contribution < -0.4 is 5.32 Å². The predicted octanol–water partition coefficient (Wildman–Crippen LogP) is 0.826. The molecule has 0 radical (unpaired) electrons. The Kier molecular flexibility index (Phi) is 5.23. The van der Waals surface area contributed by atoms with E-state index in [1.807, 2.05) is 0 Å². The summed E-state index contributed by atoms with van der Waals surface area (Å²) in [4.78, 5) is 2.49. The molecule has 0 spiro atoms. The van der Waals surface area contributed by atoms with Gasteiger partial charge in [0.1, 0.15) is 0 Å². The Morgan fingerprint density at radius 2 is 2.13 bits per heavy atom. The maximum absolute atomic E-state index is 11.1. The molecule has 4 heteroatoms. The minimum Gasteiger partial charge on any atom is -0.309 e. The normalized spacial score (nSPS) is 27.1. The van der Waals surface area contributed by atoms with Gasteiger partial charge in [-0.1, -0.05) is 0 Å². The number of nitrogens with one attached hydrogen (secondary N) is 1. The molecule has 3 nitrogen and oxygen atoms in total. The smallest absolute Gasteiger partial charge is 0.0383 e. The third-order valence-electron chi connectivity index (χ3n) is 2.95. The SMILES string of the molecule is CC(CS(C)=O)NC1CCN(C(C)C)C1. The van der Waals surface area contributed by atoms with E-state index in [0.29, 0.717) is 18.1 Å². The van der Waals surface area contributed by atoms with E-state index in [2.05, 4.69) is 31.0 Å². The van der Waals surface area contributed by atoms with E-state index < -0.39 is 10.8 Å². The molecule has 0 aliphatic carbocycles. The van der Waals surface area contributed by atoms with E-state index in [4.69, 9.17) is 0 Å². The summed E-state index contributed by atoms with van der Waals surface area (Å²) in [6.07, 6.45) is 2.99. The van der Waals surface area contributed by atoms with Crippen molar-refractivity contribution >= 4 is 10.8 Å². The van der Waals surface area contributed by atoms with Crippen molar-refractivity contribution in [2.24, 2.45) is 0 Å². The molecular weight excluding hydrogens is 208 g/mol. The summed E-state index contributed by atoms with van der Waals surface area (Å²) in [5.74, 6) is 0.762. The van der Waals surface area contributed by atoms with Crippen LogP contribution in [0.1, 0.15) is 27.2 Å². The van der Waals surface area contributed by atoms with Crippen molar-refractivity contribution in [2.45, 2.75) is 45.3 Å². The number of likely N-dealkylation sites (tertiary alicyclic amines) is 1. The highest BCUT2D eigenvalue weighted by Gasteiger charge is 2.24. The van der Waals surface area contributed by atoms with Crippen LogP contribution >= 0.6 is 0 Å². The molecule has 1 rings (SSSR count). The summed E-state index contributed by atoms with van der Waals surface area (Å²) in [7, 11) is -0.689.